The minimum atomic E-state index is -2.08. The van der Waals surface area contributed by atoms with E-state index < -0.39 is 11.6 Å². The first-order chi connectivity index (χ1) is 16.0. The Morgan fingerprint density at radius 1 is 1.15 bits per heavy atom. The fraction of sp³-hybridized carbons (Fsp3) is 0.286. The molecule has 5 rings (SSSR count). The average Bonchev–Trinajstić information content (AvgIpc) is 3.35. The highest BCUT2D eigenvalue weighted by molar-refractivity contribution is 6.02. The highest BCUT2D eigenvalue weighted by atomic mass is 19.1. The molecule has 2 heterocycles. The number of nitrogens with one attached hydrogen (secondary N) is 1. The summed E-state index contributed by atoms with van der Waals surface area (Å²) < 4.78 is 15.5. The zero-order valence-electron chi connectivity index (χ0n) is 18.9. The Labute approximate surface area is 193 Å². The second-order valence-electron chi connectivity index (χ2n) is 9.02. The van der Waals surface area contributed by atoms with E-state index in [2.05, 4.69) is 21.3 Å². The molecule has 3 aromatic rings. The van der Waals surface area contributed by atoms with E-state index >= 15 is 4.39 Å². The Kier molecular flexibility index (Phi) is 5.81. The monoisotopic (exact) mass is 441 g/mol. The predicted molar refractivity (Wildman–Crippen MR) is 132 cm³/mol. The zero-order valence-corrected chi connectivity index (χ0v) is 18.9. The lowest BCUT2D eigenvalue weighted by atomic mass is 9.90. The van der Waals surface area contributed by atoms with E-state index in [1.54, 1.807) is 12.2 Å². The summed E-state index contributed by atoms with van der Waals surface area (Å²) in [5.41, 5.74) is 3.32. The molecule has 1 unspecified atom stereocenters. The molecule has 0 radical (unpaired) electrons. The van der Waals surface area contributed by atoms with Crippen LogP contribution >= 0.6 is 0 Å². The molecular formula is C28H28FN3O. The first kappa shape index (κ1) is 21.5. The van der Waals surface area contributed by atoms with Gasteiger partial charge in [0.15, 0.2) is 0 Å². The summed E-state index contributed by atoms with van der Waals surface area (Å²) in [6.45, 7) is 5.11. The number of alkyl halides is 1. The molecule has 1 saturated heterocycles. The van der Waals surface area contributed by atoms with Crippen molar-refractivity contribution in [3.8, 4) is 0 Å². The smallest absolute Gasteiger partial charge is 0.266 e. The summed E-state index contributed by atoms with van der Waals surface area (Å²) in [7, 11) is 0. The van der Waals surface area contributed by atoms with Gasteiger partial charge in [-0.1, -0.05) is 48.6 Å². The van der Waals surface area contributed by atoms with Gasteiger partial charge in [0.1, 0.15) is 0 Å². The summed E-state index contributed by atoms with van der Waals surface area (Å²) in [5, 5.41) is 3.83. The van der Waals surface area contributed by atoms with Gasteiger partial charge >= 0.3 is 0 Å². The van der Waals surface area contributed by atoms with Gasteiger partial charge in [0.05, 0.1) is 5.52 Å². The predicted octanol–water partition coefficient (Wildman–Crippen LogP) is 5.83. The number of hydrogen-bond donors (Lipinski definition) is 1. The third kappa shape index (κ3) is 4.46. The third-order valence-corrected chi connectivity index (χ3v) is 6.65. The van der Waals surface area contributed by atoms with Gasteiger partial charge in [-0.3, -0.25) is 14.7 Å². The molecule has 4 nitrogen and oxygen atoms in total. The van der Waals surface area contributed by atoms with Crippen LogP contribution in [0.1, 0.15) is 36.0 Å². The van der Waals surface area contributed by atoms with Crippen LogP contribution in [0, 0.1) is 6.92 Å². The maximum Gasteiger partial charge on any atom is 0.266 e. The topological polar surface area (TPSA) is 45.2 Å². The van der Waals surface area contributed by atoms with E-state index in [4.69, 9.17) is 0 Å². The molecule has 1 aromatic heterocycles. The standard InChI is InChI=1S/C28H28FN3O/c1-20-25(10-9-24-17-21(18-30-26(20)24)19-32-15-5-6-16-32)31-27(33)28(29)13-11-23(12-14-28)22-7-3-2-4-8-22/h2-4,7-13,17-18H,5-6,14-16,19H2,1H3,(H,31,33). The Hall–Kier alpha value is -3.31. The van der Waals surface area contributed by atoms with E-state index in [-0.39, 0.29) is 6.42 Å². The first-order valence-corrected chi connectivity index (χ1v) is 11.6. The summed E-state index contributed by atoms with van der Waals surface area (Å²) in [6.07, 6.45) is 9.28. The fourth-order valence-corrected chi connectivity index (χ4v) is 4.67. The normalized spacial score (nSPS) is 20.7. The number of anilines is 1. The van der Waals surface area contributed by atoms with Crippen molar-refractivity contribution in [1.29, 1.82) is 0 Å². The van der Waals surface area contributed by atoms with Crippen molar-refractivity contribution >= 4 is 28.1 Å². The van der Waals surface area contributed by atoms with Crippen molar-refractivity contribution in [2.45, 2.75) is 38.4 Å². The Bertz CT molecular complexity index is 1240. The molecule has 33 heavy (non-hydrogen) atoms. The number of rotatable bonds is 5. The summed E-state index contributed by atoms with van der Waals surface area (Å²) >= 11 is 0. The van der Waals surface area contributed by atoms with Crippen LogP contribution in [0.15, 0.2) is 73.0 Å². The van der Waals surface area contributed by atoms with Gasteiger partial charge < -0.3 is 5.32 Å². The molecule has 5 heteroatoms. The summed E-state index contributed by atoms with van der Waals surface area (Å²) in [5.74, 6) is -0.657. The lowest BCUT2D eigenvalue weighted by Crippen LogP contribution is -2.37. The molecule has 0 spiro atoms. The van der Waals surface area contributed by atoms with E-state index in [0.29, 0.717) is 5.69 Å². The molecule has 168 valence electrons. The molecule has 1 N–H and O–H groups in total. The van der Waals surface area contributed by atoms with Crippen LogP contribution in [0.3, 0.4) is 0 Å². The van der Waals surface area contributed by atoms with Crippen molar-refractivity contribution in [2.75, 3.05) is 18.4 Å². The number of nitrogens with zero attached hydrogens (tertiary/aromatic N) is 2. The lowest BCUT2D eigenvalue weighted by molar-refractivity contribution is -0.124. The molecular weight excluding hydrogens is 413 g/mol. The average molecular weight is 442 g/mol. The van der Waals surface area contributed by atoms with E-state index in [9.17, 15) is 4.79 Å². The molecule has 0 bridgehead atoms. The fourth-order valence-electron chi connectivity index (χ4n) is 4.67. The molecule has 1 aliphatic heterocycles. The number of aryl methyl sites for hydroxylation is 1. The van der Waals surface area contributed by atoms with Gasteiger partial charge in [-0.05, 0) is 73.3 Å². The van der Waals surface area contributed by atoms with Crippen LogP contribution < -0.4 is 5.32 Å². The van der Waals surface area contributed by atoms with Crippen LogP contribution in [0.25, 0.3) is 16.5 Å². The van der Waals surface area contributed by atoms with E-state index in [1.807, 2.05) is 55.6 Å². The quantitative estimate of drug-likeness (QED) is 0.542. The minimum Gasteiger partial charge on any atom is -0.323 e. The van der Waals surface area contributed by atoms with Gasteiger partial charge in [0.25, 0.3) is 5.91 Å². The van der Waals surface area contributed by atoms with Crippen molar-refractivity contribution in [3.05, 3.63) is 89.6 Å². The molecule has 1 fully saturated rings. The highest BCUT2D eigenvalue weighted by Gasteiger charge is 2.37. The number of likely N-dealkylation sites (tertiary alicyclic amines) is 1. The molecule has 1 amide bonds. The molecule has 0 saturated carbocycles. The number of carbonyl (C=O) groups is 1. The van der Waals surface area contributed by atoms with E-state index in [1.165, 1.54) is 24.5 Å². The number of pyridine rings is 1. The van der Waals surface area contributed by atoms with Gasteiger partial charge in [0.2, 0.25) is 5.67 Å². The molecule has 1 atom stereocenters. The number of benzene rings is 2. The first-order valence-electron chi connectivity index (χ1n) is 11.6. The van der Waals surface area contributed by atoms with E-state index in [0.717, 1.165) is 47.2 Å². The number of allylic oxidation sites excluding steroid dienone is 3. The molecule has 1 aliphatic carbocycles. The summed E-state index contributed by atoms with van der Waals surface area (Å²) in [6, 6.07) is 15.7. The van der Waals surface area contributed by atoms with Crippen molar-refractivity contribution < 1.29 is 9.18 Å². The van der Waals surface area contributed by atoms with Crippen LogP contribution in [-0.2, 0) is 11.3 Å². The third-order valence-electron chi connectivity index (χ3n) is 6.65. The Balaban J connectivity index is 1.31. The number of hydrogen-bond acceptors (Lipinski definition) is 3. The van der Waals surface area contributed by atoms with Crippen LogP contribution in [-0.4, -0.2) is 34.5 Å². The number of carbonyl (C=O) groups excluding carboxylic acids is 1. The van der Waals surface area contributed by atoms with Crippen molar-refractivity contribution in [1.82, 2.24) is 9.88 Å². The zero-order chi connectivity index (χ0) is 22.8. The van der Waals surface area contributed by atoms with Crippen LogP contribution in [0.5, 0.6) is 0 Å². The lowest BCUT2D eigenvalue weighted by Gasteiger charge is -2.24. The van der Waals surface area contributed by atoms with Crippen molar-refractivity contribution in [2.24, 2.45) is 0 Å². The summed E-state index contributed by atoms with van der Waals surface area (Å²) in [4.78, 5) is 20.0. The maximum atomic E-state index is 15.5. The number of halogens is 1. The van der Waals surface area contributed by atoms with Gasteiger partial charge in [-0.25, -0.2) is 4.39 Å². The molecule has 2 aliphatic rings. The molecule has 2 aromatic carbocycles. The van der Waals surface area contributed by atoms with Gasteiger partial charge in [-0.2, -0.15) is 0 Å². The number of amides is 1. The van der Waals surface area contributed by atoms with Crippen molar-refractivity contribution in [3.63, 3.8) is 0 Å². The Morgan fingerprint density at radius 3 is 2.67 bits per heavy atom. The second-order valence-corrected chi connectivity index (χ2v) is 9.02. The number of fused-ring (bicyclic) bond motifs is 1. The second kappa shape index (κ2) is 8.91. The van der Waals surface area contributed by atoms with Crippen LogP contribution in [0.2, 0.25) is 0 Å². The Morgan fingerprint density at radius 2 is 1.94 bits per heavy atom. The SMILES string of the molecule is Cc1c(NC(=O)C2(F)C=CC(c3ccccc3)=CC2)ccc2cc(CN3CCCC3)cnc12. The van der Waals surface area contributed by atoms with Gasteiger partial charge in [0, 0.05) is 30.2 Å². The van der Waals surface area contributed by atoms with Crippen LogP contribution in [0.4, 0.5) is 10.1 Å². The number of aromatic nitrogens is 1. The highest BCUT2D eigenvalue weighted by Crippen LogP contribution is 2.32. The maximum absolute atomic E-state index is 15.5. The largest absolute Gasteiger partial charge is 0.323 e. The van der Waals surface area contributed by atoms with Gasteiger partial charge in [-0.15, -0.1) is 0 Å². The minimum absolute atomic E-state index is 0.00427.